The van der Waals surface area contributed by atoms with E-state index in [1.54, 1.807) is 30.3 Å². The van der Waals surface area contributed by atoms with E-state index in [2.05, 4.69) is 10.1 Å². The van der Waals surface area contributed by atoms with Gasteiger partial charge in [0.2, 0.25) is 0 Å². The van der Waals surface area contributed by atoms with Gasteiger partial charge < -0.3 is 14.8 Å². The van der Waals surface area contributed by atoms with E-state index in [0.29, 0.717) is 22.3 Å². The Morgan fingerprint density at radius 2 is 1.67 bits per heavy atom. The maximum atomic E-state index is 12.6. The second-order valence-corrected chi connectivity index (χ2v) is 6.68. The molecule has 1 aliphatic rings. The van der Waals surface area contributed by atoms with Crippen molar-refractivity contribution in [2.45, 2.75) is 13.2 Å². The van der Waals surface area contributed by atoms with Crippen LogP contribution in [0.2, 0.25) is 0 Å². The monoisotopic (exact) mass is 409 g/mol. The van der Waals surface area contributed by atoms with Gasteiger partial charge in [0.05, 0.1) is 7.11 Å². The van der Waals surface area contributed by atoms with Crippen LogP contribution in [0.1, 0.15) is 31.8 Å². The normalized spacial score (nSPS) is 11.8. The van der Waals surface area contributed by atoms with E-state index in [-0.39, 0.29) is 29.7 Å². The third kappa shape index (κ3) is 3.61. The number of benzene rings is 3. The van der Waals surface area contributed by atoms with Gasteiger partial charge >= 0.3 is 6.61 Å². The fourth-order valence-electron chi connectivity index (χ4n) is 3.47. The summed E-state index contributed by atoms with van der Waals surface area (Å²) in [5, 5.41) is 2.76. The van der Waals surface area contributed by atoms with Crippen LogP contribution in [0.4, 0.5) is 8.78 Å². The Kier molecular flexibility index (Phi) is 5.18. The highest BCUT2D eigenvalue weighted by Crippen LogP contribution is 2.36. The number of hydrogen-bond acceptors (Lipinski definition) is 4. The third-order valence-electron chi connectivity index (χ3n) is 4.89. The number of carbonyl (C=O) groups excluding carboxylic acids is 2. The van der Waals surface area contributed by atoms with Gasteiger partial charge in [0.25, 0.3) is 5.91 Å². The van der Waals surface area contributed by atoms with Gasteiger partial charge in [-0.3, -0.25) is 9.59 Å². The molecule has 1 aliphatic carbocycles. The number of methoxy groups -OCH3 is 1. The average Bonchev–Trinajstić information content (AvgIpc) is 3.04. The summed E-state index contributed by atoms with van der Waals surface area (Å²) in [6.07, 6.45) is 0. The van der Waals surface area contributed by atoms with E-state index in [9.17, 15) is 18.4 Å². The Bertz CT molecular complexity index is 1140. The van der Waals surface area contributed by atoms with Crippen molar-refractivity contribution in [2.24, 2.45) is 0 Å². The largest absolute Gasteiger partial charge is 0.493 e. The Hall–Kier alpha value is -3.74. The first-order valence-corrected chi connectivity index (χ1v) is 9.16. The lowest BCUT2D eigenvalue weighted by molar-refractivity contribution is -0.0512. The van der Waals surface area contributed by atoms with E-state index in [4.69, 9.17) is 4.74 Å². The predicted octanol–water partition coefficient (Wildman–Crippen LogP) is 4.44. The SMILES string of the molecule is COc1cc(CNC(=O)c2ccc3c(c2)C(=O)c2ccccc2-3)ccc1OC(F)F. The lowest BCUT2D eigenvalue weighted by Crippen LogP contribution is -2.23. The topological polar surface area (TPSA) is 64.6 Å². The van der Waals surface area contributed by atoms with Crippen LogP contribution in [0.25, 0.3) is 11.1 Å². The molecule has 0 atom stereocenters. The number of fused-ring (bicyclic) bond motifs is 3. The molecule has 152 valence electrons. The van der Waals surface area contributed by atoms with Gasteiger partial charge in [-0.05, 0) is 41.0 Å². The number of alkyl halides is 2. The summed E-state index contributed by atoms with van der Waals surface area (Å²) in [5.41, 5.74) is 3.81. The van der Waals surface area contributed by atoms with Crippen LogP contribution in [0.15, 0.2) is 60.7 Å². The number of rotatable bonds is 6. The molecule has 3 aromatic carbocycles. The zero-order valence-electron chi connectivity index (χ0n) is 15.9. The minimum Gasteiger partial charge on any atom is -0.493 e. The highest BCUT2D eigenvalue weighted by molar-refractivity contribution is 6.22. The molecule has 0 radical (unpaired) electrons. The van der Waals surface area contributed by atoms with E-state index >= 15 is 0 Å². The number of ether oxygens (including phenoxy) is 2. The number of ketones is 1. The first kappa shape index (κ1) is 19.6. The predicted molar refractivity (Wildman–Crippen MR) is 106 cm³/mol. The molecule has 0 unspecified atom stereocenters. The Balaban J connectivity index is 1.49. The van der Waals surface area contributed by atoms with Gasteiger partial charge in [0.1, 0.15) is 0 Å². The summed E-state index contributed by atoms with van der Waals surface area (Å²) >= 11 is 0. The number of hydrogen-bond donors (Lipinski definition) is 1. The molecule has 1 N–H and O–H groups in total. The molecule has 7 heteroatoms. The van der Waals surface area contributed by atoms with E-state index in [1.807, 2.05) is 18.2 Å². The molecule has 5 nitrogen and oxygen atoms in total. The second-order valence-electron chi connectivity index (χ2n) is 6.68. The summed E-state index contributed by atoms with van der Waals surface area (Å²) in [7, 11) is 1.34. The fraction of sp³-hybridized carbons (Fsp3) is 0.130. The quantitative estimate of drug-likeness (QED) is 0.512. The molecule has 0 heterocycles. The Morgan fingerprint density at radius 3 is 2.40 bits per heavy atom. The standard InChI is InChI=1S/C23H17F2NO4/c1-29-20-10-13(6-9-19(20)30-23(24)25)12-26-22(28)14-7-8-16-15-4-2-3-5-17(15)21(27)18(16)11-14/h2-11,23H,12H2,1H3,(H,26,28). The van der Waals surface area contributed by atoms with Crippen LogP contribution in [0.3, 0.4) is 0 Å². The summed E-state index contributed by atoms with van der Waals surface area (Å²) in [5.74, 6) is -0.398. The van der Waals surface area contributed by atoms with Crippen molar-refractivity contribution in [2.75, 3.05) is 7.11 Å². The van der Waals surface area contributed by atoms with Crippen molar-refractivity contribution < 1.29 is 27.8 Å². The summed E-state index contributed by atoms with van der Waals surface area (Å²) in [4.78, 5) is 25.2. The average molecular weight is 409 g/mol. The molecule has 0 aromatic heterocycles. The smallest absolute Gasteiger partial charge is 0.387 e. The van der Waals surface area contributed by atoms with Crippen molar-refractivity contribution in [3.05, 3.63) is 82.9 Å². The molecule has 3 aromatic rings. The van der Waals surface area contributed by atoms with Gasteiger partial charge in [-0.25, -0.2) is 0 Å². The molecule has 0 aliphatic heterocycles. The Morgan fingerprint density at radius 1 is 0.933 bits per heavy atom. The molecule has 1 amide bonds. The summed E-state index contributed by atoms with van der Waals surface area (Å²) < 4.78 is 34.3. The highest BCUT2D eigenvalue weighted by Gasteiger charge is 2.27. The van der Waals surface area contributed by atoms with Crippen LogP contribution >= 0.6 is 0 Å². The first-order chi connectivity index (χ1) is 14.5. The molecule has 0 bridgehead atoms. The lowest BCUT2D eigenvalue weighted by atomic mass is 10.0. The van der Waals surface area contributed by atoms with Crippen LogP contribution in [-0.2, 0) is 6.54 Å². The van der Waals surface area contributed by atoms with Crippen molar-refractivity contribution >= 4 is 11.7 Å². The number of nitrogens with one attached hydrogen (secondary N) is 1. The van der Waals surface area contributed by atoms with E-state index in [0.717, 1.165) is 11.1 Å². The molecule has 4 rings (SSSR count). The zero-order chi connectivity index (χ0) is 21.3. The molecule has 0 saturated carbocycles. The maximum Gasteiger partial charge on any atom is 0.387 e. The molecular weight excluding hydrogens is 392 g/mol. The van der Waals surface area contributed by atoms with Gasteiger partial charge in [0, 0.05) is 23.2 Å². The summed E-state index contributed by atoms with van der Waals surface area (Å²) in [6, 6.07) is 16.8. The van der Waals surface area contributed by atoms with Crippen LogP contribution in [-0.4, -0.2) is 25.4 Å². The maximum absolute atomic E-state index is 12.6. The number of halogens is 2. The van der Waals surface area contributed by atoms with Crippen LogP contribution in [0.5, 0.6) is 11.5 Å². The first-order valence-electron chi connectivity index (χ1n) is 9.16. The Labute approximate surface area is 171 Å². The highest BCUT2D eigenvalue weighted by atomic mass is 19.3. The van der Waals surface area contributed by atoms with Gasteiger partial charge in [-0.15, -0.1) is 0 Å². The minimum atomic E-state index is -2.96. The third-order valence-corrected chi connectivity index (χ3v) is 4.89. The number of amides is 1. The zero-order valence-corrected chi connectivity index (χ0v) is 15.9. The minimum absolute atomic E-state index is 0.0840. The van der Waals surface area contributed by atoms with Gasteiger partial charge in [0.15, 0.2) is 17.3 Å². The van der Waals surface area contributed by atoms with E-state index < -0.39 is 6.61 Å². The van der Waals surface area contributed by atoms with Gasteiger partial charge in [-0.1, -0.05) is 36.4 Å². The van der Waals surface area contributed by atoms with E-state index in [1.165, 1.54) is 19.2 Å². The van der Waals surface area contributed by atoms with Crippen LogP contribution in [0, 0.1) is 0 Å². The molecular formula is C23H17F2NO4. The molecule has 0 fully saturated rings. The molecule has 0 spiro atoms. The lowest BCUT2D eigenvalue weighted by Gasteiger charge is -2.12. The van der Waals surface area contributed by atoms with Crippen molar-refractivity contribution in [3.8, 4) is 22.6 Å². The molecule has 30 heavy (non-hydrogen) atoms. The van der Waals surface area contributed by atoms with Crippen LogP contribution < -0.4 is 14.8 Å². The van der Waals surface area contributed by atoms with Crippen molar-refractivity contribution in [1.29, 1.82) is 0 Å². The molecule has 0 saturated heterocycles. The van der Waals surface area contributed by atoms with Gasteiger partial charge in [-0.2, -0.15) is 8.78 Å². The van der Waals surface area contributed by atoms with Crippen molar-refractivity contribution in [1.82, 2.24) is 5.32 Å². The number of carbonyl (C=O) groups is 2. The summed E-state index contributed by atoms with van der Waals surface area (Å²) in [6.45, 7) is -2.81. The van der Waals surface area contributed by atoms with Crippen molar-refractivity contribution in [3.63, 3.8) is 0 Å². The fourth-order valence-corrected chi connectivity index (χ4v) is 3.47. The second kappa shape index (κ2) is 7.94.